The van der Waals surface area contributed by atoms with Gasteiger partial charge in [0.1, 0.15) is 6.61 Å². The highest BCUT2D eigenvalue weighted by atomic mass is 16.6. The summed E-state index contributed by atoms with van der Waals surface area (Å²) in [5.74, 6) is -3.17. The molecule has 1 aliphatic rings. The van der Waals surface area contributed by atoms with Crippen LogP contribution in [0.5, 0.6) is 0 Å². The number of hydrogen-bond donors (Lipinski definition) is 2. The summed E-state index contributed by atoms with van der Waals surface area (Å²) in [4.78, 5) is 37.2. The molecule has 0 bridgehead atoms. The number of nitrogens with one attached hydrogen (secondary N) is 1. The third-order valence-corrected chi connectivity index (χ3v) is 5.28. The largest absolute Gasteiger partial charge is 0.478 e. The Morgan fingerprint density at radius 3 is 2.26 bits per heavy atom. The number of ether oxygens (including phenoxy) is 3. The summed E-state index contributed by atoms with van der Waals surface area (Å²) < 4.78 is 15.6. The summed E-state index contributed by atoms with van der Waals surface area (Å²) in [5, 5.41) is 12.9. The van der Waals surface area contributed by atoms with E-state index in [1.807, 2.05) is 13.8 Å². The lowest BCUT2D eigenvalue weighted by Crippen LogP contribution is -2.33. The topological polar surface area (TPSA) is 111 Å². The van der Waals surface area contributed by atoms with Crippen LogP contribution < -0.4 is 5.32 Å². The maximum Gasteiger partial charge on any atom is 0.337 e. The average molecular weight is 431 g/mol. The molecule has 0 aromatic heterocycles. The molecule has 2 unspecified atom stereocenters. The molecule has 8 heteroatoms. The number of aliphatic carboxylic acids is 1. The molecule has 1 aromatic rings. The van der Waals surface area contributed by atoms with Crippen LogP contribution in [0.15, 0.2) is 46.8 Å². The zero-order chi connectivity index (χ0) is 23.3. The molecule has 0 spiro atoms. The first kappa shape index (κ1) is 24.1. The monoisotopic (exact) mass is 431 g/mol. The Labute approximate surface area is 181 Å². The number of allylic oxidation sites excluding steroid dienone is 2. The number of carbonyl (C=O) groups is 3. The van der Waals surface area contributed by atoms with Gasteiger partial charge in [0.05, 0.1) is 35.8 Å². The average Bonchev–Trinajstić information content (AvgIpc) is 2.72. The molecule has 1 heterocycles. The quantitative estimate of drug-likeness (QED) is 0.605. The molecular formula is C23H29NO7. The van der Waals surface area contributed by atoms with Crippen LogP contribution in [0, 0.1) is 5.92 Å². The van der Waals surface area contributed by atoms with E-state index in [0.29, 0.717) is 17.0 Å². The minimum atomic E-state index is -1.17. The minimum Gasteiger partial charge on any atom is -0.478 e. The van der Waals surface area contributed by atoms with E-state index in [2.05, 4.69) is 5.32 Å². The number of rotatable bonds is 8. The summed E-state index contributed by atoms with van der Waals surface area (Å²) >= 11 is 0. The molecule has 0 amide bonds. The van der Waals surface area contributed by atoms with Gasteiger partial charge < -0.3 is 24.6 Å². The zero-order valence-electron chi connectivity index (χ0n) is 18.6. The number of benzene rings is 1. The van der Waals surface area contributed by atoms with Gasteiger partial charge in [0.2, 0.25) is 0 Å². The molecule has 0 aliphatic carbocycles. The fourth-order valence-electron chi connectivity index (χ4n) is 3.61. The van der Waals surface area contributed by atoms with Crippen molar-refractivity contribution in [1.29, 1.82) is 0 Å². The van der Waals surface area contributed by atoms with Gasteiger partial charge in [-0.15, -0.1) is 0 Å². The number of esters is 2. The number of carbonyl (C=O) groups excluding carboxylic acids is 2. The first-order chi connectivity index (χ1) is 14.6. The summed E-state index contributed by atoms with van der Waals surface area (Å²) in [6, 6.07) is 6.39. The van der Waals surface area contributed by atoms with Crippen molar-refractivity contribution in [3.8, 4) is 0 Å². The molecule has 2 atom stereocenters. The minimum absolute atomic E-state index is 0.00622. The normalized spacial score (nSPS) is 17.3. The number of hydrogen-bond acceptors (Lipinski definition) is 7. The molecule has 1 aliphatic heterocycles. The van der Waals surface area contributed by atoms with E-state index < -0.39 is 23.8 Å². The molecular weight excluding hydrogens is 402 g/mol. The highest BCUT2D eigenvalue weighted by Gasteiger charge is 2.37. The fourth-order valence-corrected chi connectivity index (χ4v) is 3.61. The summed E-state index contributed by atoms with van der Waals surface area (Å²) in [7, 11) is 2.81. The van der Waals surface area contributed by atoms with E-state index in [-0.39, 0.29) is 35.3 Å². The molecule has 8 nitrogen and oxygen atoms in total. The van der Waals surface area contributed by atoms with Crippen molar-refractivity contribution in [2.75, 3.05) is 20.8 Å². The van der Waals surface area contributed by atoms with Crippen molar-refractivity contribution < 1.29 is 33.7 Å². The Bertz CT molecular complexity index is 930. The van der Waals surface area contributed by atoms with E-state index in [1.54, 1.807) is 39.2 Å². The van der Waals surface area contributed by atoms with Crippen LogP contribution in [-0.4, -0.2) is 49.9 Å². The van der Waals surface area contributed by atoms with Gasteiger partial charge in [-0.05, 0) is 37.5 Å². The number of carboxylic acids is 1. The van der Waals surface area contributed by atoms with Gasteiger partial charge in [-0.25, -0.2) is 14.4 Å². The van der Waals surface area contributed by atoms with Gasteiger partial charge in [-0.1, -0.05) is 26.0 Å². The van der Waals surface area contributed by atoms with Gasteiger partial charge in [0, 0.05) is 18.5 Å². The van der Waals surface area contributed by atoms with E-state index in [9.17, 15) is 19.5 Å². The fraction of sp³-hybridized carbons (Fsp3) is 0.435. The van der Waals surface area contributed by atoms with Crippen molar-refractivity contribution in [1.82, 2.24) is 5.32 Å². The molecule has 2 rings (SSSR count). The van der Waals surface area contributed by atoms with E-state index in [0.717, 1.165) is 0 Å². The first-order valence-electron chi connectivity index (χ1n) is 9.92. The van der Waals surface area contributed by atoms with Crippen molar-refractivity contribution in [2.24, 2.45) is 5.92 Å². The highest BCUT2D eigenvalue weighted by Crippen LogP contribution is 2.39. The van der Waals surface area contributed by atoms with Crippen LogP contribution in [0.2, 0.25) is 0 Å². The van der Waals surface area contributed by atoms with Gasteiger partial charge in [-0.2, -0.15) is 0 Å². The van der Waals surface area contributed by atoms with Crippen molar-refractivity contribution in [2.45, 2.75) is 39.7 Å². The molecule has 0 saturated carbocycles. The van der Waals surface area contributed by atoms with Gasteiger partial charge in [0.15, 0.2) is 0 Å². The molecule has 0 saturated heterocycles. The van der Waals surface area contributed by atoms with Crippen LogP contribution in [0.4, 0.5) is 0 Å². The number of dihydropyridines is 1. The second-order valence-electron chi connectivity index (χ2n) is 7.67. The maximum atomic E-state index is 13.1. The SMILES string of the molecule is COC(=O)c1cccc(C2C(C(=O)O)=C(C)NC(C)=C2C(=O)OCC(OC)C(C)C)c1. The first-order valence-corrected chi connectivity index (χ1v) is 9.92. The summed E-state index contributed by atoms with van der Waals surface area (Å²) in [6.45, 7) is 7.25. The Kier molecular flexibility index (Phi) is 7.99. The third-order valence-electron chi connectivity index (χ3n) is 5.28. The zero-order valence-corrected chi connectivity index (χ0v) is 18.6. The van der Waals surface area contributed by atoms with Gasteiger partial charge in [0.25, 0.3) is 0 Å². The summed E-state index contributed by atoms with van der Waals surface area (Å²) in [5.41, 5.74) is 1.80. The predicted molar refractivity (Wildman–Crippen MR) is 113 cm³/mol. The lowest BCUT2D eigenvalue weighted by Gasteiger charge is -2.30. The van der Waals surface area contributed by atoms with Crippen LogP contribution in [0.25, 0.3) is 0 Å². The van der Waals surface area contributed by atoms with Gasteiger partial charge in [-0.3, -0.25) is 0 Å². The van der Waals surface area contributed by atoms with E-state index in [4.69, 9.17) is 14.2 Å². The Balaban J connectivity index is 2.52. The van der Waals surface area contributed by atoms with Crippen molar-refractivity contribution in [3.05, 3.63) is 57.9 Å². The smallest absolute Gasteiger partial charge is 0.337 e. The maximum absolute atomic E-state index is 13.1. The highest BCUT2D eigenvalue weighted by molar-refractivity contribution is 5.99. The van der Waals surface area contributed by atoms with Crippen LogP contribution in [0.3, 0.4) is 0 Å². The Morgan fingerprint density at radius 1 is 1.06 bits per heavy atom. The van der Waals surface area contributed by atoms with Crippen molar-refractivity contribution in [3.63, 3.8) is 0 Å². The van der Waals surface area contributed by atoms with Gasteiger partial charge >= 0.3 is 17.9 Å². The molecule has 1 aromatic carbocycles. The molecule has 168 valence electrons. The lowest BCUT2D eigenvalue weighted by atomic mass is 9.80. The second-order valence-corrected chi connectivity index (χ2v) is 7.67. The molecule has 0 radical (unpaired) electrons. The van der Waals surface area contributed by atoms with E-state index in [1.165, 1.54) is 13.2 Å². The Hall–Kier alpha value is -3.13. The summed E-state index contributed by atoms with van der Waals surface area (Å²) in [6.07, 6.45) is -0.293. The standard InChI is InChI=1S/C23H29NO7/c1-12(2)17(29-5)11-31-23(28)19-14(4)24-13(3)18(21(25)26)20(19)15-8-7-9-16(10-15)22(27)30-6/h7-10,12,17,20,24H,11H2,1-6H3,(H,25,26). The lowest BCUT2D eigenvalue weighted by molar-refractivity contribution is -0.144. The molecule has 31 heavy (non-hydrogen) atoms. The van der Waals surface area contributed by atoms with Crippen molar-refractivity contribution >= 4 is 17.9 Å². The van der Waals surface area contributed by atoms with E-state index >= 15 is 0 Å². The van der Waals surface area contributed by atoms with Crippen LogP contribution >= 0.6 is 0 Å². The molecule has 0 fully saturated rings. The predicted octanol–water partition coefficient (Wildman–Crippen LogP) is 3.01. The third kappa shape index (κ3) is 5.32. The number of methoxy groups -OCH3 is 2. The number of carboxylic acid groups (broad SMARTS) is 1. The second kappa shape index (κ2) is 10.3. The van der Waals surface area contributed by atoms with Crippen LogP contribution in [0.1, 0.15) is 49.5 Å². The van der Waals surface area contributed by atoms with Crippen LogP contribution in [-0.2, 0) is 23.8 Å². The Morgan fingerprint density at radius 2 is 1.71 bits per heavy atom. The molecule has 2 N–H and O–H groups in total.